The van der Waals surface area contributed by atoms with Crippen LogP contribution in [0.15, 0.2) is 25.0 Å². The van der Waals surface area contributed by atoms with E-state index >= 15 is 0 Å². The van der Waals surface area contributed by atoms with Crippen LogP contribution in [0.4, 0.5) is 0 Å². The summed E-state index contributed by atoms with van der Waals surface area (Å²) >= 11 is 0. The van der Waals surface area contributed by atoms with Gasteiger partial charge in [-0.15, -0.1) is 0 Å². The first-order valence-corrected chi connectivity index (χ1v) is 3.80. The maximum absolute atomic E-state index is 4.90. The molecule has 1 spiro atoms. The molecule has 48 valence electrons. The lowest BCUT2D eigenvalue weighted by atomic mass is 11.1. The summed E-state index contributed by atoms with van der Waals surface area (Å²) in [7, 11) is -2.42. The molecule has 0 fully saturated rings. The normalized spacial score (nSPS) is 24.9. The van der Waals surface area contributed by atoms with E-state index < -0.39 is 8.17 Å². The maximum atomic E-state index is 4.90. The van der Waals surface area contributed by atoms with Gasteiger partial charge in [-0.25, -0.2) is 18.1 Å². The molecule has 0 saturated carbocycles. The van der Waals surface area contributed by atoms with Crippen LogP contribution in [0.1, 0.15) is 0 Å². The Balaban J connectivity index is 2.11. The van der Waals surface area contributed by atoms with E-state index in [0.29, 0.717) is 0 Å². The smallest absolute Gasteiger partial charge is 0.245 e. The molecule has 0 aromatic rings. The van der Waals surface area contributed by atoms with E-state index in [1.165, 1.54) is 25.0 Å². The summed E-state index contributed by atoms with van der Waals surface area (Å²) in [6.45, 7) is 0. The van der Waals surface area contributed by atoms with Crippen LogP contribution in [0, 0.1) is 0 Å². The molecule has 2 aliphatic rings. The summed E-state index contributed by atoms with van der Waals surface area (Å²) in [6.07, 6.45) is 5.61. The van der Waals surface area contributed by atoms with Crippen molar-refractivity contribution < 1.29 is 18.1 Å². The van der Waals surface area contributed by atoms with E-state index in [4.69, 9.17) is 18.1 Å². The molecule has 2 heterocycles. The maximum Gasteiger partial charge on any atom is 0.764 e. The first-order chi connectivity index (χ1) is 4.41. The summed E-state index contributed by atoms with van der Waals surface area (Å²) in [5.74, 6) is 0. The highest BCUT2D eigenvalue weighted by atomic mass is 31.2. The van der Waals surface area contributed by atoms with Gasteiger partial charge in [0, 0.05) is 0 Å². The first-order valence-electron chi connectivity index (χ1n) is 2.34. The highest BCUT2D eigenvalue weighted by Gasteiger charge is 2.57. The van der Waals surface area contributed by atoms with Gasteiger partial charge in [-0.1, -0.05) is 0 Å². The molecule has 0 N–H and O–H groups in total. The first kappa shape index (κ1) is 4.94. The zero-order valence-corrected chi connectivity index (χ0v) is 5.28. The third-order valence-corrected chi connectivity index (χ3v) is 2.39. The third kappa shape index (κ3) is 0.634. The summed E-state index contributed by atoms with van der Waals surface area (Å²) in [5, 5.41) is 0. The minimum Gasteiger partial charge on any atom is -0.245 e. The van der Waals surface area contributed by atoms with Gasteiger partial charge in [-0.3, -0.25) is 0 Å². The zero-order chi connectivity index (χ0) is 6.16. The van der Waals surface area contributed by atoms with Crippen molar-refractivity contribution in [3.63, 3.8) is 0 Å². The molecule has 0 unspecified atom stereocenters. The Bertz CT molecular complexity index is 136. The molecule has 0 aromatic heterocycles. The van der Waals surface area contributed by atoms with E-state index in [1.807, 2.05) is 0 Å². The Morgan fingerprint density at radius 1 is 0.667 bits per heavy atom. The molecule has 0 saturated heterocycles. The second-order valence-corrected chi connectivity index (χ2v) is 3.15. The second-order valence-electron chi connectivity index (χ2n) is 1.41. The molecule has 0 amide bonds. The van der Waals surface area contributed by atoms with Crippen molar-refractivity contribution in [1.82, 2.24) is 0 Å². The highest BCUT2D eigenvalue weighted by Crippen LogP contribution is 2.68. The fourth-order valence-corrected chi connectivity index (χ4v) is 1.64. The predicted octanol–water partition coefficient (Wildman–Crippen LogP) is 1.70. The molecule has 0 atom stereocenters. The molecule has 2 aliphatic heterocycles. The molecular formula is C4H4O4P+. The molecule has 9 heavy (non-hydrogen) atoms. The fourth-order valence-electron chi connectivity index (χ4n) is 0.547. The summed E-state index contributed by atoms with van der Waals surface area (Å²) in [6, 6.07) is 0. The summed E-state index contributed by atoms with van der Waals surface area (Å²) in [4.78, 5) is 0. The largest absolute Gasteiger partial charge is 0.764 e. The van der Waals surface area contributed by atoms with Crippen molar-refractivity contribution in [2.75, 3.05) is 0 Å². The Morgan fingerprint density at radius 3 is 1.33 bits per heavy atom. The van der Waals surface area contributed by atoms with Crippen molar-refractivity contribution in [2.24, 2.45) is 0 Å². The van der Waals surface area contributed by atoms with Gasteiger partial charge in [0.1, 0.15) is 0 Å². The van der Waals surface area contributed by atoms with Gasteiger partial charge in [0.2, 0.25) is 0 Å². The minimum absolute atomic E-state index is 1.40. The van der Waals surface area contributed by atoms with E-state index in [1.54, 1.807) is 0 Å². The molecular weight excluding hydrogens is 143 g/mol. The van der Waals surface area contributed by atoms with Gasteiger partial charge in [-0.05, 0) is 0 Å². The predicted molar refractivity (Wildman–Crippen MR) is 29.5 cm³/mol. The van der Waals surface area contributed by atoms with Crippen LogP contribution in [-0.2, 0) is 18.1 Å². The quantitative estimate of drug-likeness (QED) is 0.488. The molecule has 0 aliphatic carbocycles. The molecule has 2 rings (SSSR count). The summed E-state index contributed by atoms with van der Waals surface area (Å²) in [5.41, 5.74) is 0. The van der Waals surface area contributed by atoms with Crippen LogP contribution in [0.25, 0.3) is 0 Å². The Hall–Kier alpha value is -0.890. The van der Waals surface area contributed by atoms with Gasteiger partial charge in [-0.2, -0.15) is 0 Å². The van der Waals surface area contributed by atoms with Crippen LogP contribution in [0.3, 0.4) is 0 Å². The van der Waals surface area contributed by atoms with Crippen LogP contribution >= 0.6 is 8.17 Å². The van der Waals surface area contributed by atoms with Crippen molar-refractivity contribution in [3.05, 3.63) is 25.0 Å². The Kier molecular flexibility index (Phi) is 0.848. The lowest BCUT2D eigenvalue weighted by Gasteiger charge is -2.02. The second kappa shape index (κ2) is 1.54. The van der Waals surface area contributed by atoms with Gasteiger partial charge >= 0.3 is 8.17 Å². The number of hydrogen-bond acceptors (Lipinski definition) is 4. The van der Waals surface area contributed by atoms with Crippen molar-refractivity contribution >= 4 is 8.17 Å². The van der Waals surface area contributed by atoms with Crippen LogP contribution < -0.4 is 0 Å². The highest BCUT2D eigenvalue weighted by molar-refractivity contribution is 7.57. The molecule has 5 heteroatoms. The van der Waals surface area contributed by atoms with E-state index in [-0.39, 0.29) is 0 Å². The average Bonchev–Trinajstić information content (AvgIpc) is 2.45. The molecule has 0 bridgehead atoms. The van der Waals surface area contributed by atoms with Gasteiger partial charge in [0.05, 0.1) is 0 Å². The van der Waals surface area contributed by atoms with Crippen LogP contribution in [-0.4, -0.2) is 0 Å². The SMILES string of the molecule is C1=CO[P+]2(O1)OC=CO2. The third-order valence-electron chi connectivity index (χ3n) is 0.871. The van der Waals surface area contributed by atoms with Crippen molar-refractivity contribution in [2.45, 2.75) is 0 Å². The average molecular weight is 147 g/mol. The Labute approximate surface area is 52.3 Å². The standard InChI is InChI=1S/C4H4O4P/c1-2-6-9(5-1)7-3-4-8-9/h1-4H/q+1. The van der Waals surface area contributed by atoms with Crippen LogP contribution in [0.5, 0.6) is 0 Å². The zero-order valence-electron chi connectivity index (χ0n) is 4.39. The Morgan fingerprint density at radius 2 is 1.00 bits per heavy atom. The monoisotopic (exact) mass is 147 g/mol. The number of hydrogen-bond donors (Lipinski definition) is 0. The lowest BCUT2D eigenvalue weighted by molar-refractivity contribution is 0.237. The van der Waals surface area contributed by atoms with Gasteiger partial charge < -0.3 is 0 Å². The van der Waals surface area contributed by atoms with Gasteiger partial charge in [0.25, 0.3) is 0 Å². The topological polar surface area (TPSA) is 36.9 Å². The number of rotatable bonds is 0. The fraction of sp³-hybridized carbons (Fsp3) is 0. The van der Waals surface area contributed by atoms with Gasteiger partial charge in [0.15, 0.2) is 25.0 Å². The molecule has 0 aromatic carbocycles. The van der Waals surface area contributed by atoms with E-state index in [9.17, 15) is 0 Å². The lowest BCUT2D eigenvalue weighted by Crippen LogP contribution is -1.89. The molecule has 0 radical (unpaired) electrons. The van der Waals surface area contributed by atoms with Crippen LogP contribution in [0.2, 0.25) is 0 Å². The minimum atomic E-state index is -2.42. The molecule has 4 nitrogen and oxygen atoms in total. The van der Waals surface area contributed by atoms with Crippen molar-refractivity contribution in [1.29, 1.82) is 0 Å². The van der Waals surface area contributed by atoms with Crippen molar-refractivity contribution in [3.8, 4) is 0 Å². The summed E-state index contributed by atoms with van der Waals surface area (Å²) < 4.78 is 19.6. The van der Waals surface area contributed by atoms with E-state index in [2.05, 4.69) is 0 Å². The van der Waals surface area contributed by atoms with E-state index in [0.717, 1.165) is 0 Å².